The van der Waals surface area contributed by atoms with Gasteiger partial charge in [-0.15, -0.1) is 0 Å². The summed E-state index contributed by atoms with van der Waals surface area (Å²) in [5, 5.41) is 11.4. The third kappa shape index (κ3) is 3.36. The van der Waals surface area contributed by atoms with E-state index in [0.29, 0.717) is 25.7 Å². The number of imide groups is 1. The standard InChI is InChI=1S/C17H20N2O4/c20-15-6-5-14(16(21)18-15)11-1-3-13(4-2-11)19-9-7-12(8-10-19)17(22)23/h1-4,12,14H,5-10H2,(H,22,23)(H,18,20,21)/t14-/m1/s1. The van der Waals surface area contributed by atoms with Crippen LogP contribution >= 0.6 is 0 Å². The molecular weight excluding hydrogens is 296 g/mol. The van der Waals surface area contributed by atoms with Crippen molar-refractivity contribution in [2.24, 2.45) is 5.92 Å². The molecule has 0 saturated carbocycles. The van der Waals surface area contributed by atoms with E-state index in [0.717, 1.165) is 24.3 Å². The number of amides is 2. The van der Waals surface area contributed by atoms with Crippen LogP contribution in [0.2, 0.25) is 0 Å². The number of nitrogens with one attached hydrogen (secondary N) is 1. The van der Waals surface area contributed by atoms with Crippen molar-refractivity contribution >= 4 is 23.5 Å². The molecule has 0 radical (unpaired) electrons. The normalized spacial score (nSPS) is 22.8. The fourth-order valence-corrected chi connectivity index (χ4v) is 3.31. The Morgan fingerprint density at radius 3 is 2.30 bits per heavy atom. The average molecular weight is 316 g/mol. The maximum atomic E-state index is 11.9. The molecule has 2 amide bonds. The van der Waals surface area contributed by atoms with Gasteiger partial charge in [-0.2, -0.15) is 0 Å². The van der Waals surface area contributed by atoms with Crippen molar-refractivity contribution in [3.8, 4) is 0 Å². The molecular formula is C17H20N2O4. The van der Waals surface area contributed by atoms with E-state index in [-0.39, 0.29) is 23.7 Å². The molecule has 0 aromatic heterocycles. The number of anilines is 1. The lowest BCUT2D eigenvalue weighted by Gasteiger charge is -2.32. The van der Waals surface area contributed by atoms with Crippen LogP contribution in [0.25, 0.3) is 0 Å². The SMILES string of the molecule is O=C1CC[C@H](c2ccc(N3CCC(C(=O)O)CC3)cc2)C(=O)N1. The minimum atomic E-state index is -0.710. The smallest absolute Gasteiger partial charge is 0.306 e. The number of carbonyl (C=O) groups excluding carboxylic acids is 2. The van der Waals surface area contributed by atoms with Gasteiger partial charge in [-0.1, -0.05) is 12.1 Å². The molecule has 23 heavy (non-hydrogen) atoms. The van der Waals surface area contributed by atoms with Crippen LogP contribution in [0.15, 0.2) is 24.3 Å². The fraction of sp³-hybridized carbons (Fsp3) is 0.471. The zero-order valence-corrected chi connectivity index (χ0v) is 12.8. The Hall–Kier alpha value is -2.37. The highest BCUT2D eigenvalue weighted by Gasteiger charge is 2.28. The number of benzene rings is 1. The Labute approximate surface area is 134 Å². The van der Waals surface area contributed by atoms with Crippen molar-refractivity contribution in [2.75, 3.05) is 18.0 Å². The van der Waals surface area contributed by atoms with E-state index in [1.807, 2.05) is 24.3 Å². The first-order valence-electron chi connectivity index (χ1n) is 7.96. The van der Waals surface area contributed by atoms with Gasteiger partial charge in [-0.25, -0.2) is 0 Å². The maximum Gasteiger partial charge on any atom is 0.306 e. The van der Waals surface area contributed by atoms with Crippen LogP contribution in [0.4, 0.5) is 5.69 Å². The molecule has 2 N–H and O–H groups in total. The zero-order chi connectivity index (χ0) is 16.4. The quantitative estimate of drug-likeness (QED) is 0.825. The molecule has 6 nitrogen and oxygen atoms in total. The molecule has 2 aliphatic rings. The van der Waals surface area contributed by atoms with E-state index in [2.05, 4.69) is 10.2 Å². The third-order valence-corrected chi connectivity index (χ3v) is 4.74. The number of piperidine rings is 2. The lowest BCUT2D eigenvalue weighted by molar-refractivity contribution is -0.142. The molecule has 0 spiro atoms. The molecule has 2 heterocycles. The molecule has 2 fully saturated rings. The molecule has 1 atom stereocenters. The summed E-state index contributed by atoms with van der Waals surface area (Å²) in [6.07, 6.45) is 2.24. The minimum Gasteiger partial charge on any atom is -0.481 e. The summed E-state index contributed by atoms with van der Waals surface area (Å²) < 4.78 is 0. The lowest BCUT2D eigenvalue weighted by atomic mass is 9.90. The number of nitrogens with zero attached hydrogens (tertiary/aromatic N) is 1. The van der Waals surface area contributed by atoms with Gasteiger partial charge >= 0.3 is 5.97 Å². The van der Waals surface area contributed by atoms with Gasteiger partial charge in [0.1, 0.15) is 0 Å². The number of carboxylic acids is 1. The van der Waals surface area contributed by atoms with Gasteiger partial charge < -0.3 is 10.0 Å². The van der Waals surface area contributed by atoms with Crippen LogP contribution in [0.3, 0.4) is 0 Å². The van der Waals surface area contributed by atoms with E-state index in [1.165, 1.54) is 0 Å². The monoisotopic (exact) mass is 316 g/mol. The largest absolute Gasteiger partial charge is 0.481 e. The Morgan fingerprint density at radius 1 is 1.09 bits per heavy atom. The van der Waals surface area contributed by atoms with Crippen LogP contribution in [-0.4, -0.2) is 36.0 Å². The van der Waals surface area contributed by atoms with Crippen molar-refractivity contribution < 1.29 is 19.5 Å². The highest BCUT2D eigenvalue weighted by Crippen LogP contribution is 2.28. The van der Waals surface area contributed by atoms with Crippen molar-refractivity contribution in [1.29, 1.82) is 0 Å². The Balaban J connectivity index is 1.65. The molecule has 1 aromatic rings. The van der Waals surface area contributed by atoms with Gasteiger partial charge in [0.25, 0.3) is 0 Å². The fourth-order valence-electron chi connectivity index (χ4n) is 3.31. The predicted molar refractivity (Wildman–Crippen MR) is 84.1 cm³/mol. The molecule has 0 aliphatic carbocycles. The van der Waals surface area contributed by atoms with Crippen LogP contribution in [-0.2, 0) is 14.4 Å². The molecule has 0 unspecified atom stereocenters. The van der Waals surface area contributed by atoms with E-state index >= 15 is 0 Å². The summed E-state index contributed by atoms with van der Waals surface area (Å²) in [6.45, 7) is 1.46. The van der Waals surface area contributed by atoms with Gasteiger partial charge in [-0.3, -0.25) is 19.7 Å². The average Bonchev–Trinajstić information content (AvgIpc) is 2.55. The van der Waals surface area contributed by atoms with Crippen LogP contribution in [0.1, 0.15) is 37.2 Å². The van der Waals surface area contributed by atoms with Crippen molar-refractivity contribution in [2.45, 2.75) is 31.6 Å². The Kier molecular flexibility index (Phi) is 4.32. The Bertz CT molecular complexity index is 618. The number of hydrogen-bond donors (Lipinski definition) is 2. The summed E-state index contributed by atoms with van der Waals surface area (Å²) in [5.41, 5.74) is 1.96. The molecule has 2 saturated heterocycles. The van der Waals surface area contributed by atoms with E-state index in [9.17, 15) is 14.4 Å². The number of aliphatic carboxylic acids is 1. The molecule has 3 rings (SSSR count). The van der Waals surface area contributed by atoms with Crippen LogP contribution < -0.4 is 10.2 Å². The van der Waals surface area contributed by atoms with E-state index < -0.39 is 5.97 Å². The molecule has 6 heteroatoms. The molecule has 2 aliphatic heterocycles. The number of carboxylic acid groups (broad SMARTS) is 1. The third-order valence-electron chi connectivity index (χ3n) is 4.74. The first-order valence-corrected chi connectivity index (χ1v) is 7.96. The van der Waals surface area contributed by atoms with Crippen molar-refractivity contribution in [1.82, 2.24) is 5.32 Å². The topological polar surface area (TPSA) is 86.7 Å². The van der Waals surface area contributed by atoms with Crippen molar-refractivity contribution in [3.63, 3.8) is 0 Å². The van der Waals surface area contributed by atoms with Crippen LogP contribution in [0.5, 0.6) is 0 Å². The molecule has 0 bridgehead atoms. The molecule has 122 valence electrons. The van der Waals surface area contributed by atoms with Gasteiger partial charge in [0.15, 0.2) is 0 Å². The zero-order valence-electron chi connectivity index (χ0n) is 12.8. The van der Waals surface area contributed by atoms with Gasteiger partial charge in [0.2, 0.25) is 11.8 Å². The maximum absolute atomic E-state index is 11.9. The van der Waals surface area contributed by atoms with Crippen LogP contribution in [0, 0.1) is 5.92 Å². The summed E-state index contributed by atoms with van der Waals surface area (Å²) in [6, 6.07) is 7.80. The Morgan fingerprint density at radius 2 is 1.74 bits per heavy atom. The summed E-state index contributed by atoms with van der Waals surface area (Å²) >= 11 is 0. The second-order valence-corrected chi connectivity index (χ2v) is 6.19. The van der Waals surface area contributed by atoms with E-state index in [1.54, 1.807) is 0 Å². The van der Waals surface area contributed by atoms with Gasteiger partial charge in [0.05, 0.1) is 11.8 Å². The highest BCUT2D eigenvalue weighted by atomic mass is 16.4. The minimum absolute atomic E-state index is 0.204. The van der Waals surface area contributed by atoms with Gasteiger partial charge in [0, 0.05) is 25.2 Å². The lowest BCUT2D eigenvalue weighted by Crippen LogP contribution is -2.39. The molecule has 1 aromatic carbocycles. The first-order chi connectivity index (χ1) is 11.0. The van der Waals surface area contributed by atoms with Crippen molar-refractivity contribution in [3.05, 3.63) is 29.8 Å². The number of carbonyl (C=O) groups is 3. The number of rotatable bonds is 3. The van der Waals surface area contributed by atoms with E-state index in [4.69, 9.17) is 5.11 Å². The second kappa shape index (κ2) is 6.40. The second-order valence-electron chi connectivity index (χ2n) is 6.19. The predicted octanol–water partition coefficient (Wildman–Crippen LogP) is 1.51. The highest BCUT2D eigenvalue weighted by molar-refractivity contribution is 6.00. The first kappa shape index (κ1) is 15.5. The summed E-state index contributed by atoms with van der Waals surface area (Å²) in [4.78, 5) is 36.3. The summed E-state index contributed by atoms with van der Waals surface area (Å²) in [7, 11) is 0. The van der Waals surface area contributed by atoms with Gasteiger partial charge in [-0.05, 0) is 37.0 Å². The number of hydrogen-bond acceptors (Lipinski definition) is 4. The summed E-state index contributed by atoms with van der Waals surface area (Å²) in [5.74, 6) is -1.65.